The number of ether oxygens (including phenoxy) is 2. The summed E-state index contributed by atoms with van der Waals surface area (Å²) >= 11 is 0. The van der Waals surface area contributed by atoms with Gasteiger partial charge in [-0.2, -0.15) is 0 Å². The van der Waals surface area contributed by atoms with E-state index in [2.05, 4.69) is 4.74 Å². The molecule has 0 aliphatic heterocycles. The molecule has 5 nitrogen and oxygen atoms in total. The highest BCUT2D eigenvalue weighted by molar-refractivity contribution is 5.68. The predicted molar refractivity (Wildman–Crippen MR) is 52.1 cm³/mol. The summed E-state index contributed by atoms with van der Waals surface area (Å²) in [6, 6.07) is -1.57. The smallest absolute Gasteiger partial charge is 0.408 e. The van der Waals surface area contributed by atoms with Crippen LogP contribution in [0.4, 0.5) is 4.79 Å². The zero-order valence-electron chi connectivity index (χ0n) is 13.5. The van der Waals surface area contributed by atoms with Gasteiger partial charge >= 0.3 is 6.09 Å². The predicted octanol–water partition coefficient (Wildman–Crippen LogP) is 0.518. The first-order valence-electron chi connectivity index (χ1n) is 6.57. The standard InChI is InChI=1S/C9H19NO4/c1-9(2,3)14-8(12)10-7(5-11)6-13-4/h7,11H,5-6H2,1-4H3,(H,10,12)/t7-/m1/s1/i4D3,6D2. The molecule has 0 unspecified atom stereocenters. The van der Waals surface area contributed by atoms with E-state index in [0.717, 1.165) is 0 Å². The topological polar surface area (TPSA) is 67.8 Å². The Labute approximate surface area is 91.4 Å². The first-order chi connectivity index (χ1) is 8.27. The average molecular weight is 210 g/mol. The number of nitrogens with one attached hydrogen (secondary N) is 1. The number of methoxy groups -OCH3 is 1. The van der Waals surface area contributed by atoms with Crippen molar-refractivity contribution in [2.45, 2.75) is 32.4 Å². The van der Waals surface area contributed by atoms with Crippen LogP contribution in [0.25, 0.3) is 0 Å². The van der Waals surface area contributed by atoms with Crippen molar-refractivity contribution in [1.82, 2.24) is 5.32 Å². The van der Waals surface area contributed by atoms with Gasteiger partial charge in [-0.05, 0) is 20.8 Å². The first-order valence-corrected chi connectivity index (χ1v) is 4.07. The highest BCUT2D eigenvalue weighted by Crippen LogP contribution is 2.06. The number of carbonyl (C=O) groups is 1. The fourth-order valence-electron chi connectivity index (χ4n) is 0.633. The maximum Gasteiger partial charge on any atom is 0.408 e. The lowest BCUT2D eigenvalue weighted by molar-refractivity contribution is 0.0429. The number of aliphatic hydroxyl groups excluding tert-OH is 1. The molecule has 0 aromatic heterocycles. The fraction of sp³-hybridized carbons (Fsp3) is 0.889. The summed E-state index contributed by atoms with van der Waals surface area (Å²) in [4.78, 5) is 11.4. The molecule has 1 atom stereocenters. The molecule has 0 spiro atoms. The van der Waals surface area contributed by atoms with Gasteiger partial charge in [0.1, 0.15) is 5.60 Å². The molecule has 0 saturated carbocycles. The van der Waals surface area contributed by atoms with E-state index in [0.29, 0.717) is 0 Å². The molecule has 0 saturated heterocycles. The minimum atomic E-state index is -2.99. The minimum Gasteiger partial charge on any atom is -0.444 e. The van der Waals surface area contributed by atoms with Gasteiger partial charge in [0.2, 0.25) is 0 Å². The third-order valence-electron chi connectivity index (χ3n) is 1.07. The second-order valence-corrected chi connectivity index (χ2v) is 3.60. The summed E-state index contributed by atoms with van der Waals surface area (Å²) in [5.41, 5.74) is -0.804. The van der Waals surface area contributed by atoms with Crippen molar-refractivity contribution in [3.63, 3.8) is 0 Å². The normalized spacial score (nSPS) is 20.7. The monoisotopic (exact) mass is 210 g/mol. The van der Waals surface area contributed by atoms with Crippen molar-refractivity contribution < 1.29 is 26.2 Å². The Hall–Kier alpha value is -0.810. The van der Waals surface area contributed by atoms with Crippen molar-refractivity contribution in [2.75, 3.05) is 20.2 Å². The average Bonchev–Trinajstić information content (AvgIpc) is 2.06. The lowest BCUT2D eigenvalue weighted by Crippen LogP contribution is -2.43. The summed E-state index contributed by atoms with van der Waals surface area (Å²) in [6.07, 6.45) is -0.982. The van der Waals surface area contributed by atoms with E-state index in [9.17, 15) is 4.79 Å². The van der Waals surface area contributed by atoms with Crippen LogP contribution >= 0.6 is 0 Å². The molecule has 0 fully saturated rings. The Morgan fingerprint density at radius 1 is 1.71 bits per heavy atom. The van der Waals surface area contributed by atoms with Crippen LogP contribution in [0.5, 0.6) is 0 Å². The zero-order valence-corrected chi connectivity index (χ0v) is 8.46. The molecular weight excluding hydrogens is 186 g/mol. The molecule has 1 amide bonds. The van der Waals surface area contributed by atoms with Crippen LogP contribution in [0.3, 0.4) is 0 Å². The summed E-state index contributed by atoms with van der Waals surface area (Å²) in [6.45, 7) is 1.20. The second-order valence-electron chi connectivity index (χ2n) is 3.60. The van der Waals surface area contributed by atoms with Crippen LogP contribution in [0.2, 0.25) is 0 Å². The van der Waals surface area contributed by atoms with Gasteiger partial charge in [0.15, 0.2) is 0 Å². The third-order valence-corrected chi connectivity index (χ3v) is 1.07. The highest BCUT2D eigenvalue weighted by Gasteiger charge is 2.18. The number of rotatable bonds is 4. The number of amides is 1. The van der Waals surface area contributed by atoms with Gasteiger partial charge in [0.25, 0.3) is 0 Å². The quantitative estimate of drug-likeness (QED) is 0.710. The van der Waals surface area contributed by atoms with Crippen molar-refractivity contribution in [1.29, 1.82) is 0 Å². The fourth-order valence-corrected chi connectivity index (χ4v) is 0.633. The van der Waals surface area contributed by atoms with E-state index in [1.165, 1.54) is 0 Å². The molecule has 0 aliphatic rings. The third kappa shape index (κ3) is 6.68. The van der Waals surface area contributed by atoms with E-state index < -0.39 is 37.9 Å². The Balaban J connectivity index is 4.70. The molecule has 2 N–H and O–H groups in total. The van der Waals surface area contributed by atoms with E-state index in [-0.39, 0.29) is 0 Å². The number of alkyl carbamates (subject to hydrolysis) is 1. The van der Waals surface area contributed by atoms with Crippen LogP contribution in [0.1, 0.15) is 27.6 Å². The Bertz CT molecular complexity index is 313. The highest BCUT2D eigenvalue weighted by atomic mass is 16.6. The first kappa shape index (κ1) is 6.63. The molecule has 0 bridgehead atoms. The summed E-state index contributed by atoms with van der Waals surface area (Å²) in [5, 5.41) is 11.1. The number of carbonyl (C=O) groups excluding carboxylic acids is 1. The molecule has 0 aromatic rings. The van der Waals surface area contributed by atoms with Gasteiger partial charge in [-0.1, -0.05) is 0 Å². The molecule has 0 heterocycles. The lowest BCUT2D eigenvalue weighted by atomic mass is 10.2. The van der Waals surface area contributed by atoms with Crippen molar-refractivity contribution in [3.05, 3.63) is 0 Å². The van der Waals surface area contributed by atoms with E-state index >= 15 is 0 Å². The van der Waals surface area contributed by atoms with Crippen molar-refractivity contribution in [2.24, 2.45) is 0 Å². The SMILES string of the molecule is [2H]C([2H])([2H])OC([2H])([2H])[C@@H](CO)NC(=O)OC(C)(C)C. The maximum atomic E-state index is 11.4. The van der Waals surface area contributed by atoms with Crippen molar-refractivity contribution >= 4 is 6.09 Å². The van der Waals surface area contributed by atoms with Gasteiger partial charge in [0, 0.05) is 7.04 Å². The van der Waals surface area contributed by atoms with E-state index in [1.807, 2.05) is 5.32 Å². The van der Waals surface area contributed by atoms with Crippen LogP contribution in [-0.4, -0.2) is 43.0 Å². The lowest BCUT2D eigenvalue weighted by Gasteiger charge is -2.22. The Morgan fingerprint density at radius 3 is 2.79 bits per heavy atom. The van der Waals surface area contributed by atoms with E-state index in [1.54, 1.807) is 20.8 Å². The number of hydrogen-bond donors (Lipinski definition) is 2. The Morgan fingerprint density at radius 2 is 2.36 bits per heavy atom. The van der Waals surface area contributed by atoms with Gasteiger partial charge in [-0.3, -0.25) is 0 Å². The molecule has 0 aromatic carbocycles. The molecule has 0 aliphatic carbocycles. The molecule has 84 valence electrons. The number of hydrogen-bond acceptors (Lipinski definition) is 4. The summed E-state index contributed by atoms with van der Waals surface area (Å²) < 4.78 is 44.4. The van der Waals surface area contributed by atoms with Crippen molar-refractivity contribution in [3.8, 4) is 0 Å². The van der Waals surface area contributed by atoms with Crippen LogP contribution in [0.15, 0.2) is 0 Å². The van der Waals surface area contributed by atoms with Gasteiger partial charge < -0.3 is 19.9 Å². The van der Waals surface area contributed by atoms with E-state index in [4.69, 9.17) is 16.7 Å². The molecular formula is C9H19NO4. The second kappa shape index (κ2) is 5.82. The molecule has 0 radical (unpaired) electrons. The van der Waals surface area contributed by atoms with Crippen LogP contribution < -0.4 is 5.32 Å². The van der Waals surface area contributed by atoms with Gasteiger partial charge in [-0.15, -0.1) is 0 Å². The van der Waals surface area contributed by atoms with Crippen LogP contribution in [-0.2, 0) is 9.47 Å². The van der Waals surface area contributed by atoms with Gasteiger partial charge in [-0.25, -0.2) is 4.79 Å². The largest absolute Gasteiger partial charge is 0.444 e. The zero-order chi connectivity index (χ0) is 15.5. The minimum absolute atomic E-state index is 0.804. The molecule has 14 heavy (non-hydrogen) atoms. The summed E-state index contributed by atoms with van der Waals surface area (Å²) in [7, 11) is -2.99. The van der Waals surface area contributed by atoms with Gasteiger partial charge in [0.05, 0.1) is 26.1 Å². The summed E-state index contributed by atoms with van der Waals surface area (Å²) in [5.74, 6) is 0. The maximum absolute atomic E-state index is 11.4. The molecule has 0 rings (SSSR count). The Kier molecular flexibility index (Phi) is 2.76. The molecule has 5 heteroatoms. The van der Waals surface area contributed by atoms with Crippen LogP contribution in [0, 0.1) is 0 Å². The number of aliphatic hydroxyl groups is 1.